The summed E-state index contributed by atoms with van der Waals surface area (Å²) in [5.74, 6) is 0. The Bertz CT molecular complexity index is 225. The Balaban J connectivity index is 1.95. The minimum Gasteiger partial charge on any atom is -0.389 e. The maximum atomic E-state index is 9.78. The predicted molar refractivity (Wildman–Crippen MR) is 74.4 cm³/mol. The highest BCUT2D eigenvalue weighted by molar-refractivity contribution is 4.81. The number of hydrogen-bond acceptors (Lipinski definition) is 5. The van der Waals surface area contributed by atoms with E-state index >= 15 is 0 Å². The smallest absolute Gasteiger partial charge is 0.0897 e. The molecule has 2 N–H and O–H groups in total. The highest BCUT2D eigenvalue weighted by Gasteiger charge is 2.24. The summed E-state index contributed by atoms with van der Waals surface area (Å²) in [7, 11) is 1.76. The monoisotopic (exact) mass is 275 g/mol. The first-order chi connectivity index (χ1) is 9.11. The van der Waals surface area contributed by atoms with Crippen LogP contribution < -0.4 is 5.32 Å². The van der Waals surface area contributed by atoms with Gasteiger partial charge in [0.15, 0.2) is 0 Å². The molecule has 0 aromatic heterocycles. The van der Waals surface area contributed by atoms with Crippen molar-refractivity contribution in [3.05, 3.63) is 0 Å². The molecule has 0 aromatic carbocycles. The summed E-state index contributed by atoms with van der Waals surface area (Å²) in [5, 5.41) is 13.1. The molecule has 1 aliphatic carbocycles. The number of aliphatic hydroxyl groups excluding tert-OH is 1. The molecule has 5 nitrogen and oxygen atoms in total. The Labute approximate surface area is 116 Å². The lowest BCUT2D eigenvalue weighted by molar-refractivity contribution is -0.0105. The molecular weight excluding hydrogens is 246 g/mol. The number of methoxy groups -OCH3 is 1. The van der Waals surface area contributed by atoms with E-state index in [1.54, 1.807) is 7.11 Å². The highest BCUT2D eigenvalue weighted by atomic mass is 16.5. The van der Waals surface area contributed by atoms with Crippen molar-refractivity contribution in [3.63, 3.8) is 0 Å². The van der Waals surface area contributed by atoms with Crippen molar-refractivity contribution in [1.82, 2.24) is 5.32 Å². The molecule has 1 saturated carbocycles. The lowest BCUT2D eigenvalue weighted by Crippen LogP contribution is -2.36. The molecule has 0 aromatic rings. The topological polar surface area (TPSA) is 60.0 Å². The number of rotatable bonds is 10. The summed E-state index contributed by atoms with van der Waals surface area (Å²) in [4.78, 5) is 0. The van der Waals surface area contributed by atoms with Crippen molar-refractivity contribution in [3.8, 4) is 0 Å². The van der Waals surface area contributed by atoms with E-state index in [-0.39, 0.29) is 6.10 Å². The first-order valence-corrected chi connectivity index (χ1v) is 7.25. The van der Waals surface area contributed by atoms with Crippen LogP contribution in [0.5, 0.6) is 0 Å². The summed E-state index contributed by atoms with van der Waals surface area (Å²) in [5.41, 5.74) is 0. The number of nitrogens with one attached hydrogen (secondary N) is 1. The van der Waals surface area contributed by atoms with Crippen LogP contribution >= 0.6 is 0 Å². The Morgan fingerprint density at radius 1 is 1.26 bits per heavy atom. The summed E-state index contributed by atoms with van der Waals surface area (Å²) < 4.78 is 16.0. The SMILES string of the molecule is COC1CCC(NCC(O)COCCOC(C)C)C1. The zero-order valence-corrected chi connectivity index (χ0v) is 12.4. The number of aliphatic hydroxyl groups is 1. The lowest BCUT2D eigenvalue weighted by Gasteiger charge is -2.17. The standard InChI is InChI=1S/C14H29NO4/c1-11(2)19-7-6-18-10-13(16)9-15-12-4-5-14(8-12)17-3/h11-16H,4-10H2,1-3H3. The second-order valence-corrected chi connectivity index (χ2v) is 5.42. The maximum Gasteiger partial charge on any atom is 0.0897 e. The first-order valence-electron chi connectivity index (χ1n) is 7.25. The molecule has 0 bridgehead atoms. The van der Waals surface area contributed by atoms with Crippen LogP contribution in [0.3, 0.4) is 0 Å². The van der Waals surface area contributed by atoms with Gasteiger partial charge in [-0.3, -0.25) is 0 Å². The molecule has 19 heavy (non-hydrogen) atoms. The lowest BCUT2D eigenvalue weighted by atomic mass is 10.2. The predicted octanol–water partition coefficient (Wildman–Crippen LogP) is 0.946. The van der Waals surface area contributed by atoms with Gasteiger partial charge in [0.25, 0.3) is 0 Å². The molecular formula is C14H29NO4. The van der Waals surface area contributed by atoms with Crippen LogP contribution in [0, 0.1) is 0 Å². The van der Waals surface area contributed by atoms with Crippen molar-refractivity contribution in [2.45, 2.75) is 57.5 Å². The van der Waals surface area contributed by atoms with Crippen LogP contribution in [0.4, 0.5) is 0 Å². The summed E-state index contributed by atoms with van der Waals surface area (Å²) in [6.07, 6.45) is 3.40. The van der Waals surface area contributed by atoms with Crippen molar-refractivity contribution in [2.24, 2.45) is 0 Å². The summed E-state index contributed by atoms with van der Waals surface area (Å²) >= 11 is 0. The average molecular weight is 275 g/mol. The minimum atomic E-state index is -0.458. The molecule has 0 saturated heterocycles. The first kappa shape index (κ1) is 16.9. The van der Waals surface area contributed by atoms with Gasteiger partial charge in [-0.05, 0) is 33.1 Å². The fourth-order valence-corrected chi connectivity index (χ4v) is 2.26. The molecule has 5 heteroatoms. The van der Waals surface area contributed by atoms with E-state index in [4.69, 9.17) is 14.2 Å². The van der Waals surface area contributed by atoms with Crippen molar-refractivity contribution >= 4 is 0 Å². The van der Waals surface area contributed by atoms with E-state index in [0.29, 0.717) is 38.5 Å². The van der Waals surface area contributed by atoms with Gasteiger partial charge in [-0.25, -0.2) is 0 Å². The van der Waals surface area contributed by atoms with Gasteiger partial charge in [0.05, 0.1) is 38.1 Å². The molecule has 1 aliphatic rings. The molecule has 0 aliphatic heterocycles. The third-order valence-electron chi connectivity index (χ3n) is 3.35. The van der Waals surface area contributed by atoms with Crippen LogP contribution in [0.1, 0.15) is 33.1 Å². The van der Waals surface area contributed by atoms with E-state index < -0.39 is 6.10 Å². The Hall–Kier alpha value is -0.200. The zero-order valence-electron chi connectivity index (χ0n) is 12.4. The van der Waals surface area contributed by atoms with Crippen LogP contribution in [-0.2, 0) is 14.2 Å². The summed E-state index contributed by atoms with van der Waals surface area (Å²) in [6.45, 7) is 6.03. The third-order valence-corrected chi connectivity index (χ3v) is 3.35. The Kier molecular flexibility index (Phi) is 8.57. The minimum absolute atomic E-state index is 0.228. The molecule has 3 unspecified atom stereocenters. The van der Waals surface area contributed by atoms with Gasteiger partial charge in [0.1, 0.15) is 0 Å². The molecule has 0 radical (unpaired) electrons. The second-order valence-electron chi connectivity index (χ2n) is 5.42. The van der Waals surface area contributed by atoms with Gasteiger partial charge in [-0.1, -0.05) is 0 Å². The van der Waals surface area contributed by atoms with Crippen molar-refractivity contribution < 1.29 is 19.3 Å². The molecule has 114 valence electrons. The van der Waals surface area contributed by atoms with Gasteiger partial charge in [-0.15, -0.1) is 0 Å². The van der Waals surface area contributed by atoms with Gasteiger partial charge < -0.3 is 24.6 Å². The zero-order chi connectivity index (χ0) is 14.1. The van der Waals surface area contributed by atoms with Crippen molar-refractivity contribution in [1.29, 1.82) is 0 Å². The quantitative estimate of drug-likeness (QED) is 0.581. The third kappa shape index (κ3) is 7.84. The molecule has 1 rings (SSSR count). The second kappa shape index (κ2) is 9.66. The molecule has 0 heterocycles. The van der Waals surface area contributed by atoms with Crippen LogP contribution in [-0.4, -0.2) is 62.9 Å². The van der Waals surface area contributed by atoms with Crippen LogP contribution in [0.15, 0.2) is 0 Å². The number of ether oxygens (including phenoxy) is 3. The maximum absolute atomic E-state index is 9.78. The van der Waals surface area contributed by atoms with Crippen LogP contribution in [0.2, 0.25) is 0 Å². The Morgan fingerprint density at radius 2 is 2.05 bits per heavy atom. The van der Waals surface area contributed by atoms with E-state index in [2.05, 4.69) is 5.32 Å². The van der Waals surface area contributed by atoms with E-state index in [1.807, 2.05) is 13.8 Å². The van der Waals surface area contributed by atoms with Gasteiger partial charge in [0.2, 0.25) is 0 Å². The van der Waals surface area contributed by atoms with Crippen LogP contribution in [0.25, 0.3) is 0 Å². The molecule has 1 fully saturated rings. The van der Waals surface area contributed by atoms with E-state index in [9.17, 15) is 5.11 Å². The number of hydrogen-bond donors (Lipinski definition) is 2. The molecule has 0 spiro atoms. The average Bonchev–Trinajstić information content (AvgIpc) is 2.83. The highest BCUT2D eigenvalue weighted by Crippen LogP contribution is 2.21. The van der Waals surface area contributed by atoms with E-state index in [0.717, 1.165) is 19.3 Å². The largest absolute Gasteiger partial charge is 0.389 e. The fraction of sp³-hybridized carbons (Fsp3) is 1.00. The van der Waals surface area contributed by atoms with Crippen molar-refractivity contribution in [2.75, 3.05) is 33.5 Å². The molecule has 0 amide bonds. The fourth-order valence-electron chi connectivity index (χ4n) is 2.26. The Morgan fingerprint density at radius 3 is 2.68 bits per heavy atom. The van der Waals surface area contributed by atoms with Gasteiger partial charge >= 0.3 is 0 Å². The molecule has 3 atom stereocenters. The summed E-state index contributed by atoms with van der Waals surface area (Å²) in [6, 6.07) is 0.462. The van der Waals surface area contributed by atoms with Gasteiger partial charge in [-0.2, -0.15) is 0 Å². The normalized spacial score (nSPS) is 25.1. The van der Waals surface area contributed by atoms with Gasteiger partial charge in [0, 0.05) is 19.7 Å². The van der Waals surface area contributed by atoms with E-state index in [1.165, 1.54) is 0 Å².